The summed E-state index contributed by atoms with van der Waals surface area (Å²) in [6.07, 6.45) is 5.33. The molecule has 1 aliphatic rings. The second-order valence-corrected chi connectivity index (χ2v) is 7.45. The first-order valence-electron chi connectivity index (χ1n) is 9.95. The predicted octanol–water partition coefficient (Wildman–Crippen LogP) is 4.41. The molecule has 0 spiro atoms. The minimum atomic E-state index is -0.299. The molecule has 30 heavy (non-hydrogen) atoms. The Morgan fingerprint density at radius 1 is 1.03 bits per heavy atom. The summed E-state index contributed by atoms with van der Waals surface area (Å²) in [5.74, 6) is -0.738. The maximum absolute atomic E-state index is 14.1. The lowest BCUT2D eigenvalue weighted by Gasteiger charge is -2.28. The second kappa shape index (κ2) is 8.90. The minimum Gasteiger partial charge on any atom is -0.451 e. The highest BCUT2D eigenvalue weighted by Gasteiger charge is 2.27. The largest absolute Gasteiger partial charge is 0.451 e. The monoisotopic (exact) mass is 407 g/mol. The van der Waals surface area contributed by atoms with Crippen molar-refractivity contribution in [2.75, 3.05) is 5.32 Å². The predicted molar refractivity (Wildman–Crippen MR) is 110 cm³/mol. The molecule has 154 valence electrons. The Morgan fingerprint density at radius 3 is 2.57 bits per heavy atom. The molecule has 0 unspecified atom stereocenters. The number of halogens is 1. The summed E-state index contributed by atoms with van der Waals surface area (Å²) in [4.78, 5) is 28.6. The van der Waals surface area contributed by atoms with Crippen LogP contribution in [0, 0.1) is 11.7 Å². The van der Waals surface area contributed by atoms with Gasteiger partial charge >= 0.3 is 0 Å². The van der Waals surface area contributed by atoms with Crippen LogP contribution >= 0.6 is 0 Å². The average Bonchev–Trinajstić information content (AvgIpc) is 3.30. The Balaban J connectivity index is 1.33. The standard InChI is InChI=1S/C23H22FN3O3/c24-20-7-2-1-6-19(20)16-4-3-5-18(12-16)27-22(28)15-8-10-17(11-9-15)26-23(29)21-13-30-14-25-21/h1-7,12-15,17H,8-11H2,(H,26,29)(H,27,28). The molecule has 7 heteroatoms. The van der Waals surface area contributed by atoms with E-state index in [1.54, 1.807) is 36.4 Å². The molecule has 2 aromatic carbocycles. The molecule has 2 amide bonds. The molecule has 0 saturated heterocycles. The summed E-state index contributed by atoms with van der Waals surface area (Å²) in [6.45, 7) is 0. The fourth-order valence-electron chi connectivity index (χ4n) is 3.79. The van der Waals surface area contributed by atoms with Crippen LogP contribution in [0.4, 0.5) is 10.1 Å². The smallest absolute Gasteiger partial charge is 0.273 e. The molecule has 0 radical (unpaired) electrons. The van der Waals surface area contributed by atoms with Crippen LogP contribution in [0.25, 0.3) is 11.1 Å². The van der Waals surface area contributed by atoms with Gasteiger partial charge in [0.05, 0.1) is 0 Å². The molecule has 1 fully saturated rings. The van der Waals surface area contributed by atoms with E-state index >= 15 is 0 Å². The molecule has 0 bridgehead atoms. The van der Waals surface area contributed by atoms with Crippen molar-refractivity contribution in [2.45, 2.75) is 31.7 Å². The highest BCUT2D eigenvalue weighted by molar-refractivity contribution is 5.93. The molecule has 1 aromatic heterocycles. The van der Waals surface area contributed by atoms with E-state index < -0.39 is 0 Å². The normalized spacial score (nSPS) is 18.6. The van der Waals surface area contributed by atoms with E-state index in [2.05, 4.69) is 15.6 Å². The van der Waals surface area contributed by atoms with Crippen LogP contribution in [-0.4, -0.2) is 22.8 Å². The van der Waals surface area contributed by atoms with Crippen molar-refractivity contribution < 1.29 is 18.4 Å². The van der Waals surface area contributed by atoms with Gasteiger partial charge in [0.15, 0.2) is 12.1 Å². The quantitative estimate of drug-likeness (QED) is 0.656. The van der Waals surface area contributed by atoms with E-state index in [9.17, 15) is 14.0 Å². The fourth-order valence-corrected chi connectivity index (χ4v) is 3.79. The highest BCUT2D eigenvalue weighted by Crippen LogP contribution is 2.28. The van der Waals surface area contributed by atoms with Crippen molar-refractivity contribution in [2.24, 2.45) is 5.92 Å². The lowest BCUT2D eigenvalue weighted by molar-refractivity contribution is -0.120. The second-order valence-electron chi connectivity index (χ2n) is 7.45. The number of rotatable bonds is 5. The minimum absolute atomic E-state index is 0.0163. The number of nitrogens with one attached hydrogen (secondary N) is 2. The number of benzene rings is 2. The average molecular weight is 407 g/mol. The van der Waals surface area contributed by atoms with E-state index in [0.717, 1.165) is 12.8 Å². The van der Waals surface area contributed by atoms with Crippen molar-refractivity contribution in [1.29, 1.82) is 0 Å². The first-order valence-corrected chi connectivity index (χ1v) is 9.95. The van der Waals surface area contributed by atoms with Crippen LogP contribution < -0.4 is 10.6 Å². The van der Waals surface area contributed by atoms with Gasteiger partial charge < -0.3 is 15.1 Å². The lowest BCUT2D eigenvalue weighted by atomic mass is 9.85. The fraction of sp³-hybridized carbons (Fsp3) is 0.261. The molecule has 3 aromatic rings. The summed E-state index contributed by atoms with van der Waals surface area (Å²) in [5.41, 5.74) is 2.11. The topological polar surface area (TPSA) is 84.2 Å². The summed E-state index contributed by atoms with van der Waals surface area (Å²) >= 11 is 0. The first kappa shape index (κ1) is 19.8. The molecule has 4 rings (SSSR count). The summed E-state index contributed by atoms with van der Waals surface area (Å²) in [6, 6.07) is 13.8. The van der Waals surface area contributed by atoms with Gasteiger partial charge in [0.25, 0.3) is 5.91 Å². The van der Waals surface area contributed by atoms with Gasteiger partial charge in [-0.1, -0.05) is 30.3 Å². The van der Waals surface area contributed by atoms with Crippen molar-refractivity contribution in [1.82, 2.24) is 10.3 Å². The first-order chi connectivity index (χ1) is 14.6. The van der Waals surface area contributed by atoms with Gasteiger partial charge in [-0.05, 0) is 49.4 Å². The van der Waals surface area contributed by atoms with E-state index in [4.69, 9.17) is 4.42 Å². The Hall–Kier alpha value is -3.48. The number of hydrogen-bond acceptors (Lipinski definition) is 4. The Labute approximate surface area is 173 Å². The van der Waals surface area contributed by atoms with Crippen LogP contribution in [0.5, 0.6) is 0 Å². The third kappa shape index (κ3) is 4.56. The number of amides is 2. The third-order valence-corrected chi connectivity index (χ3v) is 5.41. The maximum atomic E-state index is 14.1. The van der Waals surface area contributed by atoms with E-state index in [1.165, 1.54) is 18.7 Å². The van der Waals surface area contributed by atoms with Gasteiger partial charge in [-0.2, -0.15) is 0 Å². The Morgan fingerprint density at radius 2 is 1.83 bits per heavy atom. The Kier molecular flexibility index (Phi) is 5.88. The maximum Gasteiger partial charge on any atom is 0.273 e. The number of anilines is 1. The number of hydrogen-bond donors (Lipinski definition) is 2. The zero-order valence-electron chi connectivity index (χ0n) is 16.3. The molecular formula is C23H22FN3O3. The molecule has 2 N–H and O–H groups in total. The molecule has 6 nitrogen and oxygen atoms in total. The summed E-state index contributed by atoms with van der Waals surface area (Å²) in [7, 11) is 0. The summed E-state index contributed by atoms with van der Waals surface area (Å²) < 4.78 is 18.9. The molecule has 1 saturated carbocycles. The number of nitrogens with zero attached hydrogens (tertiary/aromatic N) is 1. The summed E-state index contributed by atoms with van der Waals surface area (Å²) in [5, 5.41) is 5.88. The molecule has 0 aliphatic heterocycles. The Bertz CT molecular complexity index is 1030. The van der Waals surface area contributed by atoms with Gasteiger partial charge in [0.2, 0.25) is 5.91 Å². The SMILES string of the molecule is O=C(NC1CCC(C(=O)Nc2cccc(-c3ccccc3F)c2)CC1)c1cocn1. The number of carbonyl (C=O) groups is 2. The van der Waals surface area contributed by atoms with E-state index in [1.807, 2.05) is 6.07 Å². The van der Waals surface area contributed by atoms with Crippen LogP contribution in [0.3, 0.4) is 0 Å². The molecule has 1 heterocycles. The van der Waals surface area contributed by atoms with Crippen LogP contribution in [-0.2, 0) is 4.79 Å². The zero-order valence-corrected chi connectivity index (χ0v) is 16.3. The molecule has 1 aliphatic carbocycles. The van der Waals surface area contributed by atoms with Crippen molar-refractivity contribution in [3.8, 4) is 11.1 Å². The van der Waals surface area contributed by atoms with Gasteiger partial charge in [-0.25, -0.2) is 9.37 Å². The van der Waals surface area contributed by atoms with E-state index in [0.29, 0.717) is 29.7 Å². The van der Waals surface area contributed by atoms with Gasteiger partial charge in [-0.3, -0.25) is 9.59 Å². The van der Waals surface area contributed by atoms with Gasteiger partial charge in [-0.15, -0.1) is 0 Å². The van der Waals surface area contributed by atoms with Crippen LogP contribution in [0.2, 0.25) is 0 Å². The van der Waals surface area contributed by atoms with Gasteiger partial charge in [0, 0.05) is 23.2 Å². The van der Waals surface area contributed by atoms with Crippen LogP contribution in [0.15, 0.2) is 65.6 Å². The van der Waals surface area contributed by atoms with Crippen molar-refractivity contribution in [3.63, 3.8) is 0 Å². The highest BCUT2D eigenvalue weighted by atomic mass is 19.1. The van der Waals surface area contributed by atoms with Crippen LogP contribution in [0.1, 0.15) is 36.2 Å². The van der Waals surface area contributed by atoms with E-state index in [-0.39, 0.29) is 35.3 Å². The van der Waals surface area contributed by atoms with Gasteiger partial charge in [0.1, 0.15) is 12.1 Å². The number of aromatic nitrogens is 1. The zero-order chi connectivity index (χ0) is 20.9. The molecule has 0 atom stereocenters. The van der Waals surface area contributed by atoms with Crippen molar-refractivity contribution in [3.05, 3.63) is 72.7 Å². The van der Waals surface area contributed by atoms with Crippen molar-refractivity contribution >= 4 is 17.5 Å². The lowest BCUT2D eigenvalue weighted by Crippen LogP contribution is -2.39. The molecular weight excluding hydrogens is 385 g/mol. The number of oxazole rings is 1. The number of carbonyl (C=O) groups excluding carboxylic acids is 2. The third-order valence-electron chi connectivity index (χ3n) is 5.41.